The van der Waals surface area contributed by atoms with Gasteiger partial charge in [-0.3, -0.25) is 0 Å². The number of fused-ring (bicyclic) bond motifs is 8. The maximum atomic E-state index is 7.83. The highest BCUT2D eigenvalue weighted by Crippen LogP contribution is 2.45. The van der Waals surface area contributed by atoms with Crippen LogP contribution in [0.5, 0.6) is 0 Å². The maximum absolute atomic E-state index is 7.83. The van der Waals surface area contributed by atoms with Gasteiger partial charge in [-0.25, -0.2) is 18.3 Å². The molecule has 516 valence electrons. The molecule has 0 saturated heterocycles. The lowest BCUT2D eigenvalue weighted by molar-refractivity contribution is -0.661. The lowest BCUT2D eigenvalue weighted by atomic mass is 10.0. The van der Waals surface area contributed by atoms with E-state index >= 15 is 0 Å². The third-order valence-corrected chi connectivity index (χ3v) is 42.4. The van der Waals surface area contributed by atoms with E-state index in [2.05, 4.69) is 300 Å². The summed E-state index contributed by atoms with van der Waals surface area (Å²) in [5.41, 5.74) is 20.7. The first kappa shape index (κ1) is 65.4. The minimum absolute atomic E-state index is 0.369. The number of benzene rings is 8. The Morgan fingerprint density at radius 2 is 0.529 bits per heavy atom. The SMILES string of the molecule is Cc1cc(-c2c(C)ccc3c2Sc2ccccc2[Si]3(C)C)[n+](C)cc1C.Cc1ccc(-c2c(C)ccc3c2Sc2ccccc2[Si]3(C)C)[n+](C)c1.[2H]C([2H])([2H])c1c[n+](C)c(-c2c(C)ccc3c2Sc2ccccc2[Si]3(C)C)cc1C.[2H]C([2H])([2H])c1ccc(-c2c(C)ccc3c2Sc2ccccc2[Si]3(C)C)[n+](C)c1. The molecule has 102 heavy (non-hydrogen) atoms. The molecular formula is C90H100N4S4Si4+4. The zero-order valence-corrected chi connectivity index (χ0v) is 70.3. The van der Waals surface area contributed by atoms with Crippen molar-refractivity contribution in [1.29, 1.82) is 0 Å². The second kappa shape index (κ2) is 28.3. The molecule has 0 N–H and O–H groups in total. The van der Waals surface area contributed by atoms with E-state index < -0.39 is 46.0 Å². The molecule has 12 heteroatoms. The van der Waals surface area contributed by atoms with Crippen LogP contribution in [0.15, 0.2) is 246 Å². The quantitative estimate of drug-likeness (QED) is 0.129. The molecule has 8 heterocycles. The van der Waals surface area contributed by atoms with E-state index in [1.807, 2.05) is 89.3 Å². The molecule has 0 bridgehead atoms. The van der Waals surface area contributed by atoms with E-state index in [9.17, 15) is 0 Å². The van der Waals surface area contributed by atoms with E-state index in [1.165, 1.54) is 132 Å². The molecule has 8 aromatic carbocycles. The predicted octanol–water partition coefficient (Wildman–Crippen LogP) is 16.9. The third kappa shape index (κ3) is 13.2. The molecule has 4 aromatic heterocycles. The minimum Gasteiger partial charge on any atom is -0.201 e. The molecule has 0 aliphatic carbocycles. The van der Waals surface area contributed by atoms with Crippen molar-refractivity contribution in [1.82, 2.24) is 0 Å². The summed E-state index contributed by atoms with van der Waals surface area (Å²) in [6.45, 7) is 32.7. The number of aryl methyl sites for hydroxylation is 14. The van der Waals surface area contributed by atoms with Crippen LogP contribution in [0.4, 0.5) is 0 Å². The molecule has 0 spiro atoms. The Hall–Kier alpha value is -7.37. The lowest BCUT2D eigenvalue weighted by Gasteiger charge is -2.34. The van der Waals surface area contributed by atoms with Crippen molar-refractivity contribution in [2.45, 2.75) is 161 Å². The van der Waals surface area contributed by atoms with Crippen LogP contribution in [0.3, 0.4) is 0 Å². The summed E-state index contributed by atoms with van der Waals surface area (Å²) in [5, 5.41) is 12.2. The fourth-order valence-electron chi connectivity index (χ4n) is 15.7. The van der Waals surface area contributed by atoms with Crippen molar-refractivity contribution in [3.63, 3.8) is 0 Å². The van der Waals surface area contributed by atoms with Gasteiger partial charge in [-0.05, 0) is 180 Å². The largest absolute Gasteiger partial charge is 0.213 e. The van der Waals surface area contributed by atoms with Gasteiger partial charge in [0.25, 0.3) is 0 Å². The van der Waals surface area contributed by atoms with Crippen LogP contribution in [0, 0.1) is 69.1 Å². The van der Waals surface area contributed by atoms with Crippen molar-refractivity contribution in [2.75, 3.05) is 0 Å². The number of hydrogen-bond acceptors (Lipinski definition) is 4. The van der Waals surface area contributed by atoms with Gasteiger partial charge in [0.2, 0.25) is 22.8 Å². The van der Waals surface area contributed by atoms with Crippen molar-refractivity contribution in [3.05, 3.63) is 262 Å². The molecule has 0 atom stereocenters. The number of nitrogens with zero attached hydrogens (tertiary/aromatic N) is 4. The highest BCUT2D eigenvalue weighted by Gasteiger charge is 2.42. The molecular weight excluding hydrogens is 1380 g/mol. The summed E-state index contributed by atoms with van der Waals surface area (Å²) in [6.07, 6.45) is 8.00. The van der Waals surface area contributed by atoms with E-state index in [0.29, 0.717) is 11.1 Å². The van der Waals surface area contributed by atoms with Gasteiger partial charge in [0, 0.05) is 93.9 Å². The summed E-state index contributed by atoms with van der Waals surface area (Å²) < 4.78 is 55.1. The van der Waals surface area contributed by atoms with E-state index in [-0.39, 0.29) is 0 Å². The molecule has 12 aromatic rings. The maximum Gasteiger partial charge on any atom is 0.213 e. The second-order valence-electron chi connectivity index (χ2n) is 30.5. The predicted molar refractivity (Wildman–Crippen MR) is 449 cm³/mol. The number of aromatic nitrogens is 4. The van der Waals surface area contributed by atoms with Crippen LogP contribution in [0.25, 0.3) is 45.0 Å². The third-order valence-electron chi connectivity index (χ3n) is 21.9. The van der Waals surface area contributed by atoms with Crippen molar-refractivity contribution >= 4 is 121 Å². The van der Waals surface area contributed by atoms with Gasteiger partial charge >= 0.3 is 0 Å². The van der Waals surface area contributed by atoms with Gasteiger partial charge < -0.3 is 0 Å². The lowest BCUT2D eigenvalue weighted by Crippen LogP contribution is -2.56. The van der Waals surface area contributed by atoms with Crippen molar-refractivity contribution in [2.24, 2.45) is 28.2 Å². The topological polar surface area (TPSA) is 15.5 Å². The first-order chi connectivity index (χ1) is 50.8. The van der Waals surface area contributed by atoms with Crippen LogP contribution >= 0.6 is 47.0 Å². The average Bonchev–Trinajstić information content (AvgIpc) is 0.747. The standard InChI is InChI=1S/2C23H26NSSi.2C22H24NSSi/c2*1-15-11-12-21-23(22(15)18-13-16(2)17(3)14-24(18)4)25-19-9-7-8-10-20(19)26(21,5)6;2*1-15-10-12-17(23(3)14-15)21-16(2)11-13-20-22(21)24-18-8-6-7-9-19(18)25(20,4)5/h2*7-14H,1-6H3;2*6-14H,1-5H3/q4*+1/i3D3;;1D3;. The normalized spacial score (nSPS) is 15.8. The van der Waals surface area contributed by atoms with E-state index in [1.54, 1.807) is 39.2 Å². The van der Waals surface area contributed by atoms with Crippen LogP contribution in [0.1, 0.15) is 63.9 Å². The summed E-state index contributed by atoms with van der Waals surface area (Å²) in [6, 6.07) is 66.6. The van der Waals surface area contributed by atoms with Gasteiger partial charge in [-0.1, -0.05) is 221 Å². The molecule has 0 amide bonds. The van der Waals surface area contributed by atoms with Crippen molar-refractivity contribution in [3.8, 4) is 45.0 Å². The highest BCUT2D eigenvalue weighted by atomic mass is 32.2. The van der Waals surface area contributed by atoms with Gasteiger partial charge in [-0.2, -0.15) is 0 Å². The van der Waals surface area contributed by atoms with E-state index in [0.717, 1.165) is 17.0 Å². The summed E-state index contributed by atoms with van der Waals surface area (Å²) in [5.74, 6) is 0. The fraction of sp³-hybridized carbons (Fsp3) is 0.244. The molecule has 16 rings (SSSR count). The zero-order valence-electron chi connectivity index (χ0n) is 69.1. The zero-order chi connectivity index (χ0) is 77.8. The summed E-state index contributed by atoms with van der Waals surface area (Å²) >= 11 is 7.62. The molecule has 0 fully saturated rings. The van der Waals surface area contributed by atoms with Crippen LogP contribution in [-0.2, 0) is 28.2 Å². The fourth-order valence-corrected chi connectivity index (χ4v) is 38.2. The van der Waals surface area contributed by atoms with Crippen LogP contribution < -0.4 is 59.8 Å². The Labute approximate surface area is 638 Å². The van der Waals surface area contributed by atoms with Gasteiger partial charge in [0.1, 0.15) is 60.5 Å². The molecule has 0 saturated carbocycles. The minimum atomic E-state index is -2.10. The first-order valence-corrected chi connectivity index (χ1v) is 50.7. The molecule has 4 aliphatic heterocycles. The number of rotatable bonds is 4. The monoisotopic (exact) mass is 1480 g/mol. The van der Waals surface area contributed by atoms with Gasteiger partial charge in [0.15, 0.2) is 24.8 Å². The second-order valence-corrected chi connectivity index (χ2v) is 52.1. The number of hydrogen-bond donors (Lipinski definition) is 0. The average molecular weight is 1480 g/mol. The number of pyridine rings is 4. The Kier molecular flexibility index (Phi) is 18.1. The Morgan fingerprint density at radius 3 is 0.843 bits per heavy atom. The Bertz CT molecular complexity index is 5630. The first-order valence-electron chi connectivity index (χ1n) is 38.4. The Morgan fingerprint density at radius 1 is 0.255 bits per heavy atom. The molecule has 4 aliphatic rings. The van der Waals surface area contributed by atoms with Gasteiger partial charge in [0.05, 0.1) is 22.3 Å². The van der Waals surface area contributed by atoms with Crippen molar-refractivity contribution < 1.29 is 26.5 Å². The smallest absolute Gasteiger partial charge is 0.201 e. The van der Waals surface area contributed by atoms with Gasteiger partial charge in [-0.15, -0.1) is 0 Å². The summed E-state index contributed by atoms with van der Waals surface area (Å²) in [4.78, 5) is 11.2. The van der Waals surface area contributed by atoms with E-state index in [4.69, 9.17) is 8.22 Å². The highest BCUT2D eigenvalue weighted by molar-refractivity contribution is 8.01. The molecule has 0 radical (unpaired) electrons. The summed E-state index contributed by atoms with van der Waals surface area (Å²) in [7, 11) is 1.24. The van der Waals surface area contributed by atoms with Crippen LogP contribution in [0.2, 0.25) is 52.4 Å². The molecule has 4 nitrogen and oxygen atoms in total. The molecule has 0 unspecified atom stereocenters. The van der Waals surface area contributed by atoms with Crippen LogP contribution in [-0.4, -0.2) is 32.3 Å². The Balaban J connectivity index is 0.000000127.